The molecule has 3 rings (SSSR count). The largest absolute Gasteiger partial charge is 0.453 e. The second-order valence-electron chi connectivity index (χ2n) is 5.31. The molecular weight excluding hydrogens is 310 g/mol. The third-order valence-corrected chi connectivity index (χ3v) is 6.13. The first-order valence-electron chi connectivity index (χ1n) is 6.89. The number of ketones is 1. The fourth-order valence-corrected chi connectivity index (χ4v) is 4.91. The van der Waals surface area contributed by atoms with Gasteiger partial charge in [-0.3, -0.25) is 9.69 Å². The Morgan fingerprint density at radius 2 is 2.10 bits per heavy atom. The van der Waals surface area contributed by atoms with Crippen molar-refractivity contribution < 1.29 is 14.3 Å². The van der Waals surface area contributed by atoms with E-state index in [1.54, 1.807) is 4.90 Å². The minimum atomic E-state index is -1.12. The molecule has 2 saturated heterocycles. The molecule has 4 nitrogen and oxygen atoms in total. The van der Waals surface area contributed by atoms with E-state index in [0.29, 0.717) is 6.42 Å². The Hall–Kier alpha value is -1.20. The summed E-state index contributed by atoms with van der Waals surface area (Å²) >= 11 is 8.05. The maximum Gasteiger partial charge on any atom is 0.410 e. The van der Waals surface area contributed by atoms with Gasteiger partial charge in [0, 0.05) is 17.4 Å². The molecule has 0 aliphatic carbocycles. The van der Waals surface area contributed by atoms with E-state index in [2.05, 4.69) is 0 Å². The number of nitrogens with zero attached hydrogens (tertiary/aromatic N) is 1. The first kappa shape index (κ1) is 14.7. The van der Waals surface area contributed by atoms with E-state index in [0.717, 1.165) is 17.7 Å². The highest BCUT2D eigenvalue weighted by Crippen LogP contribution is 2.51. The van der Waals surface area contributed by atoms with Gasteiger partial charge in [0.15, 0.2) is 9.99 Å². The number of ether oxygens (including phenoxy) is 1. The number of alkyl halides is 1. The number of carbonyl (C=O) groups excluding carboxylic acids is 2. The van der Waals surface area contributed by atoms with E-state index in [4.69, 9.17) is 16.3 Å². The van der Waals surface area contributed by atoms with E-state index < -0.39 is 10.3 Å². The number of rotatable bonds is 2. The zero-order valence-electron chi connectivity index (χ0n) is 11.6. The highest BCUT2D eigenvalue weighted by molar-refractivity contribution is 8.02. The summed E-state index contributed by atoms with van der Waals surface area (Å²) < 4.78 is 3.73. The number of halogens is 1. The molecule has 1 aromatic rings. The van der Waals surface area contributed by atoms with Gasteiger partial charge in [-0.2, -0.15) is 0 Å². The van der Waals surface area contributed by atoms with Crippen LogP contribution in [-0.4, -0.2) is 40.2 Å². The molecule has 1 aromatic carbocycles. The number of carbonyl (C=O) groups is 2. The average molecular weight is 326 g/mol. The maximum absolute atomic E-state index is 12.5. The fourth-order valence-electron chi connectivity index (χ4n) is 3.15. The van der Waals surface area contributed by atoms with Crippen LogP contribution in [-0.2, 0) is 9.53 Å². The quantitative estimate of drug-likeness (QED) is 0.783. The third kappa shape index (κ3) is 2.42. The number of Topliss-reactive ketones (excluding diaryl/α,β-unsaturated/α-hetero) is 1. The monoisotopic (exact) mass is 325 g/mol. The lowest BCUT2D eigenvalue weighted by molar-refractivity contribution is -0.123. The van der Waals surface area contributed by atoms with E-state index in [-0.39, 0.29) is 17.9 Å². The zero-order valence-corrected chi connectivity index (χ0v) is 13.2. The van der Waals surface area contributed by atoms with E-state index >= 15 is 0 Å². The Balaban J connectivity index is 1.92. The SMILES string of the molecule is COC(=O)N1[C@H]2CC[C@@H]1[C@](Cl)(Sc1ccccc1)C(=O)C2. The number of hydrogen-bond acceptors (Lipinski definition) is 4. The molecule has 0 unspecified atom stereocenters. The molecule has 0 aromatic heterocycles. The third-order valence-electron chi connectivity index (χ3n) is 4.13. The minimum Gasteiger partial charge on any atom is -0.453 e. The van der Waals surface area contributed by atoms with Crippen molar-refractivity contribution in [3.05, 3.63) is 30.3 Å². The van der Waals surface area contributed by atoms with Crippen LogP contribution in [0.1, 0.15) is 19.3 Å². The average Bonchev–Trinajstić information content (AvgIpc) is 2.86. The summed E-state index contributed by atoms with van der Waals surface area (Å²) in [5.74, 6) is 0.00525. The van der Waals surface area contributed by atoms with Crippen LogP contribution in [0.2, 0.25) is 0 Å². The number of hydrogen-bond donors (Lipinski definition) is 0. The Morgan fingerprint density at radius 1 is 1.38 bits per heavy atom. The maximum atomic E-state index is 12.5. The molecular formula is C15H16ClNO3S. The molecule has 1 amide bonds. The van der Waals surface area contributed by atoms with Gasteiger partial charge in [0.1, 0.15) is 0 Å². The summed E-state index contributed by atoms with van der Waals surface area (Å²) in [4.78, 5) is 27.1. The van der Waals surface area contributed by atoms with Gasteiger partial charge < -0.3 is 4.74 Å². The lowest BCUT2D eigenvalue weighted by Crippen LogP contribution is -2.58. The summed E-state index contributed by atoms with van der Waals surface area (Å²) in [5, 5.41) is 0. The molecule has 0 N–H and O–H groups in total. The van der Waals surface area contributed by atoms with Gasteiger partial charge in [0.05, 0.1) is 13.2 Å². The van der Waals surface area contributed by atoms with Crippen molar-refractivity contribution in [1.29, 1.82) is 0 Å². The van der Waals surface area contributed by atoms with Crippen LogP contribution >= 0.6 is 23.4 Å². The first-order chi connectivity index (χ1) is 10.1. The normalized spacial score (nSPS) is 31.3. The molecule has 112 valence electrons. The van der Waals surface area contributed by atoms with Gasteiger partial charge in [-0.1, -0.05) is 41.6 Å². The van der Waals surface area contributed by atoms with Crippen LogP contribution in [0.4, 0.5) is 4.79 Å². The Bertz CT molecular complexity index is 567. The van der Waals surface area contributed by atoms with E-state index in [1.165, 1.54) is 18.9 Å². The van der Waals surface area contributed by atoms with Crippen LogP contribution in [0.3, 0.4) is 0 Å². The number of benzene rings is 1. The smallest absolute Gasteiger partial charge is 0.410 e. The molecule has 0 radical (unpaired) electrons. The van der Waals surface area contributed by atoms with Crippen molar-refractivity contribution in [1.82, 2.24) is 4.90 Å². The number of amides is 1. The molecule has 3 atom stereocenters. The first-order valence-corrected chi connectivity index (χ1v) is 8.08. The fraction of sp³-hybridized carbons (Fsp3) is 0.467. The summed E-state index contributed by atoms with van der Waals surface area (Å²) in [6.45, 7) is 0. The van der Waals surface area contributed by atoms with Gasteiger partial charge in [-0.15, -0.1) is 0 Å². The van der Waals surface area contributed by atoms with E-state index in [1.807, 2.05) is 30.3 Å². The van der Waals surface area contributed by atoms with Gasteiger partial charge in [0.25, 0.3) is 0 Å². The number of piperidine rings is 1. The lowest BCUT2D eigenvalue weighted by Gasteiger charge is -2.42. The van der Waals surface area contributed by atoms with Crippen molar-refractivity contribution >= 4 is 35.2 Å². The van der Waals surface area contributed by atoms with Gasteiger partial charge in [-0.25, -0.2) is 4.79 Å². The molecule has 0 spiro atoms. The topological polar surface area (TPSA) is 46.6 Å². The summed E-state index contributed by atoms with van der Waals surface area (Å²) in [6.07, 6.45) is 1.44. The van der Waals surface area contributed by atoms with Crippen molar-refractivity contribution in [2.75, 3.05) is 7.11 Å². The summed E-state index contributed by atoms with van der Waals surface area (Å²) in [5.41, 5.74) is 0. The molecule has 21 heavy (non-hydrogen) atoms. The Morgan fingerprint density at radius 3 is 2.76 bits per heavy atom. The second kappa shape index (κ2) is 5.54. The van der Waals surface area contributed by atoms with Gasteiger partial charge in [0.2, 0.25) is 0 Å². The van der Waals surface area contributed by atoms with Gasteiger partial charge in [-0.05, 0) is 25.0 Å². The predicted octanol–water partition coefficient (Wildman–Crippen LogP) is 3.29. The van der Waals surface area contributed by atoms with Crippen LogP contribution in [0, 0.1) is 0 Å². The molecule has 2 aliphatic rings. The second-order valence-corrected chi connectivity index (χ2v) is 7.45. The number of methoxy groups -OCH3 is 1. The van der Waals surface area contributed by atoms with E-state index in [9.17, 15) is 9.59 Å². The predicted molar refractivity (Wildman–Crippen MR) is 81.6 cm³/mol. The minimum absolute atomic E-state index is 0.00525. The lowest BCUT2D eigenvalue weighted by atomic mass is 10.0. The van der Waals surface area contributed by atoms with Crippen molar-refractivity contribution in [3.63, 3.8) is 0 Å². The number of thioether (sulfide) groups is 1. The highest BCUT2D eigenvalue weighted by Gasteiger charge is 2.58. The Kier molecular flexibility index (Phi) is 3.88. The van der Waals surface area contributed by atoms with Crippen LogP contribution in [0.25, 0.3) is 0 Å². The van der Waals surface area contributed by atoms with Crippen LogP contribution in [0.5, 0.6) is 0 Å². The van der Waals surface area contributed by atoms with Crippen LogP contribution < -0.4 is 0 Å². The molecule has 2 bridgehead atoms. The molecule has 2 fully saturated rings. The molecule has 0 saturated carbocycles. The van der Waals surface area contributed by atoms with Gasteiger partial charge >= 0.3 is 6.09 Å². The summed E-state index contributed by atoms with van der Waals surface area (Å²) in [7, 11) is 1.36. The van der Waals surface area contributed by atoms with Crippen molar-refractivity contribution in [2.45, 2.75) is 40.4 Å². The highest BCUT2D eigenvalue weighted by atomic mass is 35.5. The molecule has 6 heteroatoms. The Labute approximate surface area is 132 Å². The molecule has 2 aliphatic heterocycles. The molecule has 2 heterocycles. The summed E-state index contributed by atoms with van der Waals surface area (Å²) in [6, 6.07) is 9.19. The zero-order chi connectivity index (χ0) is 15.0. The van der Waals surface area contributed by atoms with Crippen molar-refractivity contribution in [2.24, 2.45) is 0 Å². The number of fused-ring (bicyclic) bond motifs is 2. The van der Waals surface area contributed by atoms with Crippen molar-refractivity contribution in [3.8, 4) is 0 Å². The standard InChI is InChI=1S/C15H16ClNO3S/c1-20-14(19)17-10-7-8-12(17)15(16,13(18)9-10)21-11-5-3-2-4-6-11/h2-6,10,12H,7-9H2,1H3/t10-,12+,15-/m0/s1. The van der Waals surface area contributed by atoms with Crippen LogP contribution in [0.15, 0.2) is 35.2 Å².